The molecular weight excluding hydrogens is 288 g/mol. The molecule has 2 aliphatic rings. The molecule has 3 atom stereocenters. The fourth-order valence-corrected chi connectivity index (χ4v) is 3.94. The topological polar surface area (TPSA) is 61.0 Å². The van der Waals surface area contributed by atoms with Crippen LogP contribution in [0.2, 0.25) is 0 Å². The summed E-state index contributed by atoms with van der Waals surface area (Å²) in [4.78, 5) is 21.0. The quantitative estimate of drug-likeness (QED) is 0.837. The van der Waals surface area contributed by atoms with Gasteiger partial charge in [-0.1, -0.05) is 18.6 Å². The van der Waals surface area contributed by atoms with Gasteiger partial charge < -0.3 is 15.2 Å². The number of allylic oxidation sites excluding steroid dienone is 1. The maximum Gasteiger partial charge on any atom is 0.290 e. The maximum atomic E-state index is 11.9. The molecule has 0 amide bonds. The van der Waals surface area contributed by atoms with Crippen molar-refractivity contribution < 1.29 is 0 Å². The number of nitrogens with one attached hydrogen (secondary N) is 2. The molecule has 1 aromatic rings. The van der Waals surface area contributed by atoms with E-state index in [9.17, 15) is 4.79 Å². The molecule has 0 unspecified atom stereocenters. The van der Waals surface area contributed by atoms with E-state index in [0.29, 0.717) is 17.8 Å². The summed E-state index contributed by atoms with van der Waals surface area (Å²) in [6, 6.07) is 0.437. The lowest BCUT2D eigenvalue weighted by molar-refractivity contribution is 0.320. The second-order valence-corrected chi connectivity index (χ2v) is 7.04. The van der Waals surface area contributed by atoms with Crippen LogP contribution in [0.1, 0.15) is 39.5 Å². The molecule has 1 aliphatic heterocycles. The molecule has 1 aromatic heterocycles. The molecule has 1 saturated heterocycles. The third kappa shape index (κ3) is 3.83. The Bertz CT molecular complexity index is 609. The zero-order chi connectivity index (χ0) is 16.2. The van der Waals surface area contributed by atoms with E-state index in [1.807, 2.05) is 0 Å². The summed E-state index contributed by atoms with van der Waals surface area (Å²) >= 11 is 0. The van der Waals surface area contributed by atoms with Gasteiger partial charge in [0.15, 0.2) is 5.82 Å². The Hall–Kier alpha value is -1.62. The molecule has 2 N–H and O–H groups in total. The lowest BCUT2D eigenvalue weighted by Crippen LogP contribution is -2.49. The van der Waals surface area contributed by atoms with Crippen molar-refractivity contribution in [2.24, 2.45) is 11.8 Å². The molecule has 0 aromatic carbocycles. The number of anilines is 1. The van der Waals surface area contributed by atoms with Crippen molar-refractivity contribution in [2.75, 3.05) is 24.5 Å². The molecule has 23 heavy (non-hydrogen) atoms. The minimum absolute atomic E-state index is 0.0900. The SMILES string of the molecule is CC1=CCC[C@H](C)[C@H]1CN[C@@H]1CCCN(c2ncc[nH]c2=O)C1. The molecule has 126 valence electrons. The van der Waals surface area contributed by atoms with Gasteiger partial charge in [0.05, 0.1) is 0 Å². The van der Waals surface area contributed by atoms with E-state index in [-0.39, 0.29) is 5.56 Å². The second kappa shape index (κ2) is 7.30. The lowest BCUT2D eigenvalue weighted by Gasteiger charge is -2.36. The highest BCUT2D eigenvalue weighted by atomic mass is 16.1. The highest BCUT2D eigenvalue weighted by Crippen LogP contribution is 2.29. The number of H-pyrrole nitrogens is 1. The molecule has 0 radical (unpaired) electrons. The molecule has 1 fully saturated rings. The molecular formula is C18H28N4O. The summed E-state index contributed by atoms with van der Waals surface area (Å²) in [5, 5.41) is 3.75. The minimum Gasteiger partial charge on any atom is -0.350 e. The Morgan fingerprint density at radius 1 is 1.43 bits per heavy atom. The van der Waals surface area contributed by atoms with Gasteiger partial charge in [-0.2, -0.15) is 0 Å². The number of aromatic amines is 1. The Morgan fingerprint density at radius 2 is 2.30 bits per heavy atom. The maximum absolute atomic E-state index is 11.9. The fraction of sp³-hybridized carbons (Fsp3) is 0.667. The van der Waals surface area contributed by atoms with Crippen molar-refractivity contribution in [3.63, 3.8) is 0 Å². The predicted octanol–water partition coefficient (Wildman–Crippen LogP) is 2.32. The third-order valence-electron chi connectivity index (χ3n) is 5.40. The number of nitrogens with zero attached hydrogens (tertiary/aromatic N) is 2. The van der Waals surface area contributed by atoms with E-state index in [4.69, 9.17) is 0 Å². The Kier molecular flexibility index (Phi) is 5.16. The van der Waals surface area contributed by atoms with E-state index in [1.165, 1.54) is 24.8 Å². The summed E-state index contributed by atoms with van der Waals surface area (Å²) in [6.45, 7) is 7.45. The van der Waals surface area contributed by atoms with Gasteiger partial charge >= 0.3 is 0 Å². The van der Waals surface area contributed by atoms with Gasteiger partial charge in [-0.25, -0.2) is 4.98 Å². The smallest absolute Gasteiger partial charge is 0.290 e. The summed E-state index contributed by atoms with van der Waals surface area (Å²) in [5.41, 5.74) is 1.44. The van der Waals surface area contributed by atoms with Crippen molar-refractivity contribution in [3.8, 4) is 0 Å². The largest absolute Gasteiger partial charge is 0.350 e. The highest BCUT2D eigenvalue weighted by molar-refractivity contribution is 5.36. The average Bonchev–Trinajstić information content (AvgIpc) is 2.55. The Morgan fingerprint density at radius 3 is 3.09 bits per heavy atom. The molecule has 5 nitrogen and oxygen atoms in total. The first-order chi connectivity index (χ1) is 11.1. The van der Waals surface area contributed by atoms with Crippen molar-refractivity contribution >= 4 is 5.82 Å². The van der Waals surface area contributed by atoms with Crippen LogP contribution >= 0.6 is 0 Å². The van der Waals surface area contributed by atoms with Crippen LogP contribution < -0.4 is 15.8 Å². The third-order valence-corrected chi connectivity index (χ3v) is 5.40. The Balaban J connectivity index is 1.59. The van der Waals surface area contributed by atoms with Crippen molar-refractivity contribution in [2.45, 2.75) is 45.6 Å². The number of aromatic nitrogens is 2. The van der Waals surface area contributed by atoms with Crippen LogP contribution in [0.3, 0.4) is 0 Å². The van der Waals surface area contributed by atoms with Crippen LogP contribution in [-0.4, -0.2) is 35.6 Å². The highest BCUT2D eigenvalue weighted by Gasteiger charge is 2.26. The number of rotatable bonds is 4. The normalized spacial score (nSPS) is 28.5. The number of piperidine rings is 1. The van der Waals surface area contributed by atoms with Crippen LogP contribution in [0, 0.1) is 11.8 Å². The Labute approximate surface area is 138 Å². The van der Waals surface area contributed by atoms with Gasteiger partial charge in [0.1, 0.15) is 0 Å². The number of hydrogen-bond donors (Lipinski definition) is 2. The van der Waals surface area contributed by atoms with Crippen LogP contribution in [0.5, 0.6) is 0 Å². The molecule has 2 heterocycles. The molecule has 3 rings (SSSR count). The van der Waals surface area contributed by atoms with Gasteiger partial charge in [-0.05, 0) is 44.4 Å². The number of hydrogen-bond acceptors (Lipinski definition) is 4. The van der Waals surface area contributed by atoms with Gasteiger partial charge in [0.2, 0.25) is 0 Å². The van der Waals surface area contributed by atoms with E-state index in [0.717, 1.165) is 32.0 Å². The lowest BCUT2D eigenvalue weighted by atomic mass is 9.80. The first-order valence-corrected chi connectivity index (χ1v) is 8.84. The van der Waals surface area contributed by atoms with E-state index in [1.54, 1.807) is 12.4 Å². The monoisotopic (exact) mass is 316 g/mol. The average molecular weight is 316 g/mol. The molecule has 1 aliphatic carbocycles. The van der Waals surface area contributed by atoms with E-state index >= 15 is 0 Å². The van der Waals surface area contributed by atoms with Gasteiger partial charge in [-0.15, -0.1) is 0 Å². The summed E-state index contributed by atoms with van der Waals surface area (Å²) < 4.78 is 0. The summed E-state index contributed by atoms with van der Waals surface area (Å²) in [6.07, 6.45) is 10.4. The van der Waals surface area contributed by atoms with E-state index in [2.05, 4.69) is 40.1 Å². The van der Waals surface area contributed by atoms with Gasteiger partial charge in [0.25, 0.3) is 5.56 Å². The van der Waals surface area contributed by atoms with E-state index < -0.39 is 0 Å². The fourth-order valence-electron chi connectivity index (χ4n) is 3.94. The van der Waals surface area contributed by atoms with Crippen LogP contribution in [0.4, 0.5) is 5.82 Å². The first kappa shape index (κ1) is 16.2. The van der Waals surface area contributed by atoms with Crippen molar-refractivity contribution in [1.29, 1.82) is 0 Å². The molecule has 0 spiro atoms. The first-order valence-electron chi connectivity index (χ1n) is 8.84. The van der Waals surface area contributed by atoms with Crippen molar-refractivity contribution in [3.05, 3.63) is 34.4 Å². The van der Waals surface area contributed by atoms with Crippen molar-refractivity contribution in [1.82, 2.24) is 15.3 Å². The van der Waals surface area contributed by atoms with Crippen LogP contribution in [0.25, 0.3) is 0 Å². The minimum atomic E-state index is -0.0900. The molecule has 5 heteroatoms. The van der Waals surface area contributed by atoms with Gasteiger partial charge in [-0.3, -0.25) is 4.79 Å². The summed E-state index contributed by atoms with van der Waals surface area (Å²) in [5.74, 6) is 1.96. The van der Waals surface area contributed by atoms with Gasteiger partial charge in [0, 0.05) is 38.1 Å². The zero-order valence-electron chi connectivity index (χ0n) is 14.2. The predicted molar refractivity (Wildman–Crippen MR) is 93.7 cm³/mol. The van der Waals surface area contributed by atoms with Crippen LogP contribution in [-0.2, 0) is 0 Å². The summed E-state index contributed by atoms with van der Waals surface area (Å²) in [7, 11) is 0. The van der Waals surface area contributed by atoms with Crippen LogP contribution in [0.15, 0.2) is 28.8 Å². The molecule has 0 saturated carbocycles. The standard InChI is InChI=1S/C18H28N4O/c1-13-5-3-6-14(2)16(13)11-21-15-7-4-10-22(12-15)17-18(23)20-9-8-19-17/h5,8-9,14-16,21H,3-4,6-7,10-12H2,1-2H3,(H,20,23)/t14-,15+,16-/m0/s1. The second-order valence-electron chi connectivity index (χ2n) is 7.04. The zero-order valence-corrected chi connectivity index (χ0v) is 14.2. The molecule has 0 bridgehead atoms.